The molecule has 3 rings (SSSR count). The van der Waals surface area contributed by atoms with E-state index in [-0.39, 0.29) is 24.4 Å². The van der Waals surface area contributed by atoms with Gasteiger partial charge in [0.1, 0.15) is 18.1 Å². The van der Waals surface area contributed by atoms with Crippen molar-refractivity contribution in [3.63, 3.8) is 0 Å². The minimum atomic E-state index is -3.25. The standard InChI is InChI=1S/C20H18F4N2O5/c21-19(22)30-12-5-6-13(16(11-12)31-20(23)24)25-17(27)7-8-18(28)26-9-10-29-15-4-2-1-3-14(15)26/h1-6,11,19-20H,7-10H2,(H,25,27). The van der Waals surface area contributed by atoms with Crippen molar-refractivity contribution >= 4 is 23.2 Å². The van der Waals surface area contributed by atoms with Gasteiger partial charge in [-0.2, -0.15) is 17.6 Å². The molecule has 1 N–H and O–H groups in total. The number of anilines is 2. The van der Waals surface area contributed by atoms with Gasteiger partial charge in [0.05, 0.1) is 17.9 Å². The van der Waals surface area contributed by atoms with Crippen LogP contribution in [0.25, 0.3) is 0 Å². The van der Waals surface area contributed by atoms with Crippen molar-refractivity contribution in [2.24, 2.45) is 0 Å². The van der Waals surface area contributed by atoms with Crippen LogP contribution in [0.1, 0.15) is 12.8 Å². The number of hydrogen-bond acceptors (Lipinski definition) is 5. The van der Waals surface area contributed by atoms with Gasteiger partial charge in [-0.3, -0.25) is 9.59 Å². The molecule has 11 heteroatoms. The molecular formula is C20H18F4N2O5. The van der Waals surface area contributed by atoms with E-state index < -0.39 is 30.6 Å². The van der Waals surface area contributed by atoms with Crippen molar-refractivity contribution in [3.05, 3.63) is 42.5 Å². The molecule has 0 saturated heterocycles. The Hall–Kier alpha value is -3.50. The molecule has 1 aliphatic rings. The highest BCUT2D eigenvalue weighted by molar-refractivity contribution is 5.99. The van der Waals surface area contributed by atoms with Crippen molar-refractivity contribution in [1.29, 1.82) is 0 Å². The van der Waals surface area contributed by atoms with Crippen LogP contribution in [0.4, 0.5) is 28.9 Å². The minimum absolute atomic E-state index is 0.141. The second kappa shape index (κ2) is 10.0. The predicted molar refractivity (Wildman–Crippen MR) is 102 cm³/mol. The molecule has 0 aliphatic carbocycles. The second-order valence-corrected chi connectivity index (χ2v) is 6.32. The van der Waals surface area contributed by atoms with E-state index in [1.165, 1.54) is 4.90 Å². The highest BCUT2D eigenvalue weighted by Gasteiger charge is 2.24. The Kier molecular flexibility index (Phi) is 7.16. The number of nitrogens with zero attached hydrogens (tertiary/aromatic N) is 1. The van der Waals surface area contributed by atoms with Gasteiger partial charge in [0.15, 0.2) is 5.75 Å². The highest BCUT2D eigenvalue weighted by Crippen LogP contribution is 2.33. The maximum atomic E-state index is 12.6. The summed E-state index contributed by atoms with van der Waals surface area (Å²) < 4.78 is 63.8. The van der Waals surface area contributed by atoms with Gasteiger partial charge in [-0.1, -0.05) is 12.1 Å². The lowest BCUT2D eigenvalue weighted by atomic mass is 10.2. The summed E-state index contributed by atoms with van der Waals surface area (Å²) in [7, 11) is 0. The molecule has 31 heavy (non-hydrogen) atoms. The summed E-state index contributed by atoms with van der Waals surface area (Å²) >= 11 is 0. The summed E-state index contributed by atoms with van der Waals surface area (Å²) in [6.07, 6.45) is -0.375. The normalized spacial score (nSPS) is 12.9. The molecule has 0 bridgehead atoms. The van der Waals surface area contributed by atoms with Gasteiger partial charge in [0.2, 0.25) is 11.8 Å². The fraction of sp³-hybridized carbons (Fsp3) is 0.300. The number of para-hydroxylation sites is 2. The van der Waals surface area contributed by atoms with Crippen molar-refractivity contribution < 1.29 is 41.4 Å². The number of nitrogens with one attached hydrogen (secondary N) is 1. The average Bonchev–Trinajstić information content (AvgIpc) is 2.72. The van der Waals surface area contributed by atoms with Crippen LogP contribution in [-0.4, -0.2) is 38.2 Å². The Morgan fingerprint density at radius 3 is 2.52 bits per heavy atom. The molecular weight excluding hydrogens is 424 g/mol. The Morgan fingerprint density at radius 2 is 1.77 bits per heavy atom. The molecule has 7 nitrogen and oxygen atoms in total. The first-order chi connectivity index (χ1) is 14.8. The van der Waals surface area contributed by atoms with E-state index in [1.807, 2.05) is 0 Å². The van der Waals surface area contributed by atoms with E-state index in [9.17, 15) is 27.2 Å². The molecule has 0 unspecified atom stereocenters. The lowest BCUT2D eigenvalue weighted by Gasteiger charge is -2.29. The number of ether oxygens (including phenoxy) is 3. The maximum Gasteiger partial charge on any atom is 0.387 e. The average molecular weight is 442 g/mol. The summed E-state index contributed by atoms with van der Waals surface area (Å²) in [4.78, 5) is 26.3. The number of amides is 2. The van der Waals surface area contributed by atoms with E-state index in [0.717, 1.165) is 18.2 Å². The summed E-state index contributed by atoms with van der Waals surface area (Å²) in [6, 6.07) is 9.95. The number of rotatable bonds is 8. The van der Waals surface area contributed by atoms with Gasteiger partial charge < -0.3 is 24.4 Å². The van der Waals surface area contributed by atoms with E-state index >= 15 is 0 Å². The molecule has 0 radical (unpaired) electrons. The van der Waals surface area contributed by atoms with Crippen LogP contribution in [0.15, 0.2) is 42.5 Å². The third kappa shape index (κ3) is 6.00. The summed E-state index contributed by atoms with van der Waals surface area (Å²) in [5.74, 6) is -1.35. The number of hydrogen-bond donors (Lipinski definition) is 1. The highest BCUT2D eigenvalue weighted by atomic mass is 19.3. The number of alkyl halides is 4. The third-order valence-corrected chi connectivity index (χ3v) is 4.26. The number of carbonyl (C=O) groups is 2. The first kappa shape index (κ1) is 22.2. The zero-order valence-corrected chi connectivity index (χ0v) is 16.0. The van der Waals surface area contributed by atoms with E-state index in [0.29, 0.717) is 24.6 Å². The Balaban J connectivity index is 1.62. The van der Waals surface area contributed by atoms with E-state index in [4.69, 9.17) is 4.74 Å². The topological polar surface area (TPSA) is 77.1 Å². The summed E-state index contributed by atoms with van der Waals surface area (Å²) in [5.41, 5.74) is 0.428. The molecule has 0 aromatic heterocycles. The summed E-state index contributed by atoms with van der Waals surface area (Å²) in [5, 5.41) is 2.34. The fourth-order valence-corrected chi connectivity index (χ4v) is 2.97. The Morgan fingerprint density at radius 1 is 1.03 bits per heavy atom. The summed E-state index contributed by atoms with van der Waals surface area (Å²) in [6.45, 7) is -5.76. The SMILES string of the molecule is O=C(CCC(=O)N1CCOc2ccccc21)Nc1ccc(OC(F)F)cc1OC(F)F. The zero-order chi connectivity index (χ0) is 22.4. The minimum Gasteiger partial charge on any atom is -0.490 e. The van der Waals surface area contributed by atoms with Crippen LogP contribution in [-0.2, 0) is 9.59 Å². The molecule has 2 aromatic carbocycles. The second-order valence-electron chi connectivity index (χ2n) is 6.32. The number of carbonyl (C=O) groups excluding carboxylic acids is 2. The molecule has 2 amide bonds. The van der Waals surface area contributed by atoms with Crippen molar-refractivity contribution in [2.45, 2.75) is 26.1 Å². The first-order valence-electron chi connectivity index (χ1n) is 9.19. The monoisotopic (exact) mass is 442 g/mol. The van der Waals surface area contributed by atoms with Gasteiger partial charge in [-0.15, -0.1) is 0 Å². The van der Waals surface area contributed by atoms with Crippen LogP contribution in [0, 0.1) is 0 Å². The maximum absolute atomic E-state index is 12.6. The smallest absolute Gasteiger partial charge is 0.387 e. The lowest BCUT2D eigenvalue weighted by Crippen LogP contribution is -2.38. The molecule has 1 heterocycles. The number of benzene rings is 2. The molecule has 0 saturated carbocycles. The van der Waals surface area contributed by atoms with Crippen molar-refractivity contribution in [3.8, 4) is 17.2 Å². The van der Waals surface area contributed by atoms with Gasteiger partial charge in [0, 0.05) is 18.9 Å². The van der Waals surface area contributed by atoms with E-state index in [2.05, 4.69) is 14.8 Å². The van der Waals surface area contributed by atoms with Crippen LogP contribution in [0.2, 0.25) is 0 Å². The predicted octanol–water partition coefficient (Wildman–Crippen LogP) is 4.03. The number of halogens is 4. The van der Waals surface area contributed by atoms with Crippen LogP contribution < -0.4 is 24.4 Å². The number of fused-ring (bicyclic) bond motifs is 1. The Labute approximate surface area is 174 Å². The van der Waals surface area contributed by atoms with Crippen molar-refractivity contribution in [1.82, 2.24) is 0 Å². The fourth-order valence-electron chi connectivity index (χ4n) is 2.97. The van der Waals surface area contributed by atoms with Gasteiger partial charge >= 0.3 is 13.2 Å². The molecule has 166 valence electrons. The lowest BCUT2D eigenvalue weighted by molar-refractivity contribution is -0.122. The quantitative estimate of drug-likeness (QED) is 0.625. The zero-order valence-electron chi connectivity index (χ0n) is 16.0. The van der Waals surface area contributed by atoms with Crippen LogP contribution >= 0.6 is 0 Å². The van der Waals surface area contributed by atoms with Crippen LogP contribution in [0.5, 0.6) is 17.2 Å². The van der Waals surface area contributed by atoms with Gasteiger partial charge in [-0.25, -0.2) is 0 Å². The molecule has 0 atom stereocenters. The third-order valence-electron chi connectivity index (χ3n) is 4.26. The van der Waals surface area contributed by atoms with Crippen molar-refractivity contribution in [2.75, 3.05) is 23.4 Å². The largest absolute Gasteiger partial charge is 0.490 e. The van der Waals surface area contributed by atoms with Crippen LogP contribution in [0.3, 0.4) is 0 Å². The first-order valence-corrected chi connectivity index (χ1v) is 9.19. The molecule has 0 fully saturated rings. The molecule has 2 aromatic rings. The molecule has 1 aliphatic heterocycles. The van der Waals surface area contributed by atoms with Gasteiger partial charge in [-0.05, 0) is 24.3 Å². The van der Waals surface area contributed by atoms with Gasteiger partial charge in [0.25, 0.3) is 0 Å². The Bertz CT molecular complexity index is 942. The molecule has 0 spiro atoms. The van der Waals surface area contributed by atoms with E-state index in [1.54, 1.807) is 24.3 Å².